The number of benzene rings is 1. The molecule has 0 amide bonds. The average molecular weight is 201 g/mol. The van der Waals surface area contributed by atoms with Gasteiger partial charge < -0.3 is 4.90 Å². The normalized spacial score (nSPS) is 24.6. The summed E-state index contributed by atoms with van der Waals surface area (Å²) in [7, 11) is 0. The van der Waals surface area contributed by atoms with Gasteiger partial charge in [-0.15, -0.1) is 0 Å². The molecular formula is C14H19N. The van der Waals surface area contributed by atoms with E-state index >= 15 is 0 Å². The first kappa shape index (κ1) is 9.26. The fraction of sp³-hybridized carbons (Fsp3) is 0.571. The van der Waals surface area contributed by atoms with Crippen molar-refractivity contribution in [3.8, 4) is 0 Å². The molecule has 1 aromatic rings. The van der Waals surface area contributed by atoms with Crippen LogP contribution in [0, 0.1) is 0 Å². The van der Waals surface area contributed by atoms with E-state index in [1.54, 1.807) is 11.1 Å². The molecule has 0 aromatic heterocycles. The molecule has 1 heteroatoms. The smallest absolute Gasteiger partial charge is 0.0371 e. The molecule has 0 radical (unpaired) electrons. The quantitative estimate of drug-likeness (QED) is 0.674. The van der Waals surface area contributed by atoms with Crippen molar-refractivity contribution in [2.75, 3.05) is 11.4 Å². The van der Waals surface area contributed by atoms with Gasteiger partial charge in [0.2, 0.25) is 0 Å². The van der Waals surface area contributed by atoms with E-state index in [0.717, 1.165) is 6.04 Å². The Kier molecular flexibility index (Phi) is 2.19. The van der Waals surface area contributed by atoms with Gasteiger partial charge in [0.15, 0.2) is 0 Å². The van der Waals surface area contributed by atoms with Crippen molar-refractivity contribution in [3.63, 3.8) is 0 Å². The van der Waals surface area contributed by atoms with E-state index < -0.39 is 0 Å². The highest BCUT2D eigenvalue weighted by atomic mass is 15.2. The molecule has 1 atom stereocenters. The first-order chi connectivity index (χ1) is 7.34. The van der Waals surface area contributed by atoms with Gasteiger partial charge in [0.05, 0.1) is 0 Å². The summed E-state index contributed by atoms with van der Waals surface area (Å²) in [6.07, 6.45) is 6.67. The minimum Gasteiger partial charge on any atom is -0.369 e. The second kappa shape index (κ2) is 3.55. The van der Waals surface area contributed by atoms with E-state index in [1.807, 2.05) is 0 Å². The molecule has 3 rings (SSSR count). The zero-order valence-electron chi connectivity index (χ0n) is 9.50. The van der Waals surface area contributed by atoms with Crippen molar-refractivity contribution in [2.24, 2.45) is 0 Å². The van der Waals surface area contributed by atoms with Gasteiger partial charge >= 0.3 is 0 Å². The fourth-order valence-electron chi connectivity index (χ4n) is 3.05. The SMILES string of the molecule is CC1CCCN1c1ccc2c(c1)CCC2. The number of rotatable bonds is 1. The number of hydrogen-bond acceptors (Lipinski definition) is 1. The van der Waals surface area contributed by atoms with Gasteiger partial charge in [-0.3, -0.25) is 0 Å². The van der Waals surface area contributed by atoms with Crippen LogP contribution in [-0.4, -0.2) is 12.6 Å². The summed E-state index contributed by atoms with van der Waals surface area (Å²) in [4.78, 5) is 2.57. The first-order valence-corrected chi connectivity index (χ1v) is 6.23. The van der Waals surface area contributed by atoms with Crippen molar-refractivity contribution < 1.29 is 0 Å². The molecular weight excluding hydrogens is 182 g/mol. The van der Waals surface area contributed by atoms with E-state index in [1.165, 1.54) is 44.3 Å². The summed E-state index contributed by atoms with van der Waals surface area (Å²) in [6.45, 7) is 3.60. The summed E-state index contributed by atoms with van der Waals surface area (Å²) >= 11 is 0. The zero-order valence-corrected chi connectivity index (χ0v) is 9.50. The minimum atomic E-state index is 0.740. The van der Waals surface area contributed by atoms with E-state index in [2.05, 4.69) is 30.0 Å². The van der Waals surface area contributed by atoms with E-state index in [0.29, 0.717) is 0 Å². The van der Waals surface area contributed by atoms with Crippen LogP contribution in [0.3, 0.4) is 0 Å². The first-order valence-electron chi connectivity index (χ1n) is 6.23. The van der Waals surface area contributed by atoms with Crippen LogP contribution in [-0.2, 0) is 12.8 Å². The van der Waals surface area contributed by atoms with Gasteiger partial charge in [-0.1, -0.05) is 6.07 Å². The van der Waals surface area contributed by atoms with Crippen LogP contribution in [0.2, 0.25) is 0 Å². The Morgan fingerprint density at radius 3 is 2.80 bits per heavy atom. The zero-order chi connectivity index (χ0) is 10.3. The number of aryl methyl sites for hydroxylation is 2. The summed E-state index contributed by atoms with van der Waals surface area (Å²) < 4.78 is 0. The molecule has 1 fully saturated rings. The Hall–Kier alpha value is -0.980. The standard InChI is InChI=1S/C14H19N/c1-11-4-3-9-15(11)14-8-7-12-5-2-6-13(12)10-14/h7-8,10-11H,2-6,9H2,1H3. The van der Waals surface area contributed by atoms with Crippen LogP contribution in [0.1, 0.15) is 37.3 Å². The topological polar surface area (TPSA) is 3.24 Å². The highest BCUT2D eigenvalue weighted by Gasteiger charge is 2.21. The van der Waals surface area contributed by atoms with Gasteiger partial charge in [-0.2, -0.15) is 0 Å². The molecule has 80 valence electrons. The van der Waals surface area contributed by atoms with Crippen LogP contribution in [0.5, 0.6) is 0 Å². The van der Waals surface area contributed by atoms with Crippen molar-refractivity contribution in [1.29, 1.82) is 0 Å². The summed E-state index contributed by atoms with van der Waals surface area (Å²) in [6, 6.07) is 7.85. The molecule has 2 aliphatic rings. The minimum absolute atomic E-state index is 0.740. The van der Waals surface area contributed by atoms with Gasteiger partial charge in [0, 0.05) is 18.3 Å². The van der Waals surface area contributed by atoms with Crippen LogP contribution in [0.15, 0.2) is 18.2 Å². The lowest BCUT2D eigenvalue weighted by molar-refractivity contribution is 0.735. The van der Waals surface area contributed by atoms with Crippen LogP contribution in [0.25, 0.3) is 0 Å². The van der Waals surface area contributed by atoms with Gasteiger partial charge in [0.25, 0.3) is 0 Å². The maximum atomic E-state index is 2.57. The molecule has 15 heavy (non-hydrogen) atoms. The third kappa shape index (κ3) is 1.54. The third-order valence-electron chi connectivity index (χ3n) is 3.97. The summed E-state index contributed by atoms with van der Waals surface area (Å²) in [5.41, 5.74) is 4.65. The molecule has 0 bridgehead atoms. The fourth-order valence-corrected chi connectivity index (χ4v) is 3.05. The maximum Gasteiger partial charge on any atom is 0.0371 e. The predicted molar refractivity (Wildman–Crippen MR) is 64.5 cm³/mol. The maximum absolute atomic E-state index is 2.57. The summed E-state index contributed by atoms with van der Waals surface area (Å²) in [5.74, 6) is 0. The number of fused-ring (bicyclic) bond motifs is 1. The van der Waals surface area contributed by atoms with Crippen molar-refractivity contribution in [3.05, 3.63) is 29.3 Å². The highest BCUT2D eigenvalue weighted by molar-refractivity contribution is 5.53. The molecule has 1 saturated heterocycles. The van der Waals surface area contributed by atoms with Gasteiger partial charge in [0.1, 0.15) is 0 Å². The third-order valence-corrected chi connectivity index (χ3v) is 3.97. The lowest BCUT2D eigenvalue weighted by Gasteiger charge is -2.24. The lowest BCUT2D eigenvalue weighted by atomic mass is 10.1. The molecule has 1 aromatic carbocycles. The van der Waals surface area contributed by atoms with E-state index in [9.17, 15) is 0 Å². The van der Waals surface area contributed by atoms with Gasteiger partial charge in [-0.05, 0) is 62.3 Å². The van der Waals surface area contributed by atoms with Crippen molar-refractivity contribution in [1.82, 2.24) is 0 Å². The van der Waals surface area contributed by atoms with Crippen LogP contribution < -0.4 is 4.90 Å². The van der Waals surface area contributed by atoms with Crippen LogP contribution >= 0.6 is 0 Å². The Bertz CT molecular complexity index is 370. The van der Waals surface area contributed by atoms with Crippen molar-refractivity contribution in [2.45, 2.75) is 45.1 Å². The summed E-state index contributed by atoms with van der Waals surface area (Å²) in [5, 5.41) is 0. The molecule has 1 unspecified atom stereocenters. The molecule has 1 heterocycles. The Morgan fingerprint density at radius 2 is 2.00 bits per heavy atom. The second-order valence-electron chi connectivity index (χ2n) is 4.99. The Labute approximate surface area is 92.1 Å². The predicted octanol–water partition coefficient (Wildman–Crippen LogP) is 3.16. The number of hydrogen-bond donors (Lipinski definition) is 0. The molecule has 0 spiro atoms. The number of nitrogens with zero attached hydrogens (tertiary/aromatic N) is 1. The lowest BCUT2D eigenvalue weighted by Crippen LogP contribution is -2.26. The Balaban J connectivity index is 1.92. The molecule has 0 N–H and O–H groups in total. The molecule has 1 nitrogen and oxygen atoms in total. The average Bonchev–Trinajstić information content (AvgIpc) is 2.84. The molecule has 1 aliphatic carbocycles. The highest BCUT2D eigenvalue weighted by Crippen LogP contribution is 2.30. The van der Waals surface area contributed by atoms with Gasteiger partial charge in [-0.25, -0.2) is 0 Å². The number of anilines is 1. The van der Waals surface area contributed by atoms with E-state index in [-0.39, 0.29) is 0 Å². The second-order valence-corrected chi connectivity index (χ2v) is 4.99. The molecule has 1 aliphatic heterocycles. The monoisotopic (exact) mass is 201 g/mol. The van der Waals surface area contributed by atoms with Crippen LogP contribution in [0.4, 0.5) is 5.69 Å². The molecule has 0 saturated carbocycles. The van der Waals surface area contributed by atoms with E-state index in [4.69, 9.17) is 0 Å². The largest absolute Gasteiger partial charge is 0.369 e. The van der Waals surface area contributed by atoms with Crippen molar-refractivity contribution >= 4 is 5.69 Å². The Morgan fingerprint density at radius 1 is 1.13 bits per heavy atom.